The van der Waals surface area contributed by atoms with Crippen LogP contribution >= 0.6 is 15.9 Å². The van der Waals surface area contributed by atoms with Gasteiger partial charge >= 0.3 is 10.9 Å². The molecule has 4 nitrogen and oxygen atoms in total. The van der Waals surface area contributed by atoms with E-state index < -0.39 is 22.8 Å². The molecule has 1 heterocycles. The number of benzene rings is 2. The molecular weight excluding hydrogens is 410 g/mol. The first-order chi connectivity index (χ1) is 11.6. The number of hydroxylamine groups is 2. The fourth-order valence-electron chi connectivity index (χ4n) is 2.37. The minimum Gasteiger partial charge on any atom is -0.266 e. The maximum absolute atomic E-state index is 13.4. The molecule has 0 spiro atoms. The van der Waals surface area contributed by atoms with E-state index in [1.807, 2.05) is 0 Å². The second kappa shape index (κ2) is 5.92. The molecule has 0 N–H and O–H groups in total. The van der Waals surface area contributed by atoms with Crippen LogP contribution in [0.3, 0.4) is 0 Å². The summed E-state index contributed by atoms with van der Waals surface area (Å²) >= 11 is 1.48. The molecule has 1 aliphatic heterocycles. The molecule has 0 aromatic heterocycles. The number of alkyl halides is 5. The van der Waals surface area contributed by atoms with Gasteiger partial charge in [0.25, 0.3) is 11.8 Å². The summed E-state index contributed by atoms with van der Waals surface area (Å²) in [5.74, 6) is -2.48. The van der Waals surface area contributed by atoms with Crippen molar-refractivity contribution in [2.45, 2.75) is 10.9 Å². The SMILES string of the molecule is O=C1c2cccc(-c3ccccc3)c2C(=O)N1OC(F)(F)C(F)(F)Br. The second-order valence-corrected chi connectivity index (χ2v) is 6.10. The van der Waals surface area contributed by atoms with E-state index in [-0.39, 0.29) is 16.2 Å². The Balaban J connectivity index is 2.04. The van der Waals surface area contributed by atoms with Gasteiger partial charge in [-0.3, -0.25) is 9.59 Å². The lowest BCUT2D eigenvalue weighted by Crippen LogP contribution is -2.46. The molecular formula is C16H8BrF4NO3. The van der Waals surface area contributed by atoms with Gasteiger partial charge in [0, 0.05) is 15.9 Å². The van der Waals surface area contributed by atoms with Crippen molar-refractivity contribution in [3.8, 4) is 11.1 Å². The van der Waals surface area contributed by atoms with Crippen LogP contribution in [-0.2, 0) is 4.84 Å². The zero-order valence-electron chi connectivity index (χ0n) is 12.2. The topological polar surface area (TPSA) is 46.6 Å². The molecule has 0 saturated carbocycles. The summed E-state index contributed by atoms with van der Waals surface area (Å²) in [7, 11) is 0. The van der Waals surface area contributed by atoms with Crippen LogP contribution in [0.25, 0.3) is 11.1 Å². The first kappa shape index (κ1) is 17.6. The van der Waals surface area contributed by atoms with Crippen molar-refractivity contribution in [3.05, 3.63) is 59.7 Å². The maximum Gasteiger partial charge on any atom is 0.451 e. The average Bonchev–Trinajstić information content (AvgIpc) is 2.79. The number of imide groups is 1. The highest BCUT2D eigenvalue weighted by molar-refractivity contribution is 9.10. The standard InChI is InChI=1S/C16H8BrF4NO3/c17-15(18,19)16(20,21)25-22-13(23)11-8-4-7-10(12(11)14(22)24)9-5-2-1-3-6-9/h1-8H. The molecule has 0 atom stereocenters. The van der Waals surface area contributed by atoms with Gasteiger partial charge in [0.15, 0.2) is 0 Å². The third-order valence-electron chi connectivity index (χ3n) is 3.50. The van der Waals surface area contributed by atoms with Gasteiger partial charge in [-0.1, -0.05) is 42.5 Å². The molecule has 0 radical (unpaired) electrons. The minimum absolute atomic E-state index is 0.188. The van der Waals surface area contributed by atoms with Gasteiger partial charge in [-0.25, -0.2) is 0 Å². The van der Waals surface area contributed by atoms with Crippen LogP contribution in [0, 0.1) is 0 Å². The fourth-order valence-corrected chi connectivity index (χ4v) is 2.44. The molecule has 130 valence electrons. The number of hydrogen-bond donors (Lipinski definition) is 0. The number of fused-ring (bicyclic) bond motifs is 1. The third-order valence-corrected chi connectivity index (χ3v) is 3.96. The number of carbonyl (C=O) groups is 2. The van der Waals surface area contributed by atoms with Crippen LogP contribution in [0.15, 0.2) is 48.5 Å². The number of amides is 2. The number of halogens is 5. The average molecular weight is 418 g/mol. The summed E-state index contributed by atoms with van der Waals surface area (Å²) in [6.45, 7) is 0. The highest BCUT2D eigenvalue weighted by atomic mass is 79.9. The van der Waals surface area contributed by atoms with Gasteiger partial charge in [-0.2, -0.15) is 22.4 Å². The van der Waals surface area contributed by atoms with Crippen molar-refractivity contribution in [1.82, 2.24) is 5.06 Å². The number of nitrogens with zero attached hydrogens (tertiary/aromatic N) is 1. The van der Waals surface area contributed by atoms with Crippen molar-refractivity contribution in [2.75, 3.05) is 0 Å². The quantitative estimate of drug-likeness (QED) is 0.419. The van der Waals surface area contributed by atoms with Gasteiger partial charge in [0.05, 0.1) is 11.1 Å². The lowest BCUT2D eigenvalue weighted by Gasteiger charge is -2.24. The molecule has 3 rings (SSSR count). The van der Waals surface area contributed by atoms with Crippen molar-refractivity contribution in [2.24, 2.45) is 0 Å². The molecule has 0 bridgehead atoms. The highest BCUT2D eigenvalue weighted by Crippen LogP contribution is 2.42. The summed E-state index contributed by atoms with van der Waals surface area (Å²) in [5.41, 5.74) is 0.462. The molecule has 0 unspecified atom stereocenters. The smallest absolute Gasteiger partial charge is 0.266 e. The molecule has 0 fully saturated rings. The first-order valence-electron chi connectivity index (χ1n) is 6.84. The lowest BCUT2D eigenvalue weighted by molar-refractivity contribution is -0.368. The number of rotatable bonds is 4. The molecule has 1 aliphatic rings. The minimum atomic E-state index is -5.10. The summed E-state index contributed by atoms with van der Waals surface area (Å²) < 4.78 is 52.6. The van der Waals surface area contributed by atoms with Crippen molar-refractivity contribution >= 4 is 27.7 Å². The Hall–Kier alpha value is -2.26. The second-order valence-electron chi connectivity index (χ2n) is 5.10. The first-order valence-corrected chi connectivity index (χ1v) is 7.63. The number of hydrogen-bond acceptors (Lipinski definition) is 3. The number of carbonyl (C=O) groups excluding carboxylic acids is 2. The Morgan fingerprint density at radius 3 is 2.04 bits per heavy atom. The van der Waals surface area contributed by atoms with Crippen LogP contribution in [0.4, 0.5) is 17.6 Å². The highest BCUT2D eigenvalue weighted by Gasteiger charge is 2.60. The van der Waals surface area contributed by atoms with Gasteiger partial charge in [0.2, 0.25) is 0 Å². The monoisotopic (exact) mass is 417 g/mol. The Kier molecular flexibility index (Phi) is 4.16. The van der Waals surface area contributed by atoms with Gasteiger partial charge < -0.3 is 0 Å². The van der Waals surface area contributed by atoms with Gasteiger partial charge in [-0.05, 0) is 17.2 Å². The summed E-state index contributed by atoms with van der Waals surface area (Å²) in [6, 6.07) is 12.6. The molecule has 2 aromatic rings. The van der Waals surface area contributed by atoms with Crippen LogP contribution in [0.5, 0.6) is 0 Å². The van der Waals surface area contributed by atoms with E-state index in [0.29, 0.717) is 11.1 Å². The summed E-state index contributed by atoms with van der Waals surface area (Å²) in [4.78, 5) is 23.6. The molecule has 0 aliphatic carbocycles. The predicted octanol–water partition coefficient (Wildman–Crippen LogP) is 4.46. The van der Waals surface area contributed by atoms with Crippen molar-refractivity contribution in [1.29, 1.82) is 0 Å². The van der Waals surface area contributed by atoms with Gasteiger partial charge in [-0.15, -0.1) is 5.06 Å². The third kappa shape index (κ3) is 2.93. The van der Waals surface area contributed by atoms with E-state index in [0.717, 1.165) is 0 Å². The zero-order chi connectivity index (χ0) is 18.4. The van der Waals surface area contributed by atoms with Crippen LogP contribution in [0.1, 0.15) is 20.7 Å². The van der Waals surface area contributed by atoms with E-state index in [1.165, 1.54) is 34.1 Å². The Morgan fingerprint density at radius 1 is 0.840 bits per heavy atom. The Bertz CT molecular complexity index is 852. The van der Waals surface area contributed by atoms with Crippen LogP contribution in [0.2, 0.25) is 0 Å². The summed E-state index contributed by atoms with van der Waals surface area (Å²) in [6.07, 6.45) is -5.10. The molecule has 25 heavy (non-hydrogen) atoms. The lowest BCUT2D eigenvalue weighted by atomic mass is 9.97. The Labute approximate surface area is 147 Å². The summed E-state index contributed by atoms with van der Waals surface area (Å²) in [5, 5.41) is -0.341. The van der Waals surface area contributed by atoms with E-state index in [1.54, 1.807) is 30.3 Å². The van der Waals surface area contributed by atoms with E-state index in [9.17, 15) is 27.2 Å². The molecule has 0 saturated heterocycles. The molecule has 2 aromatic carbocycles. The van der Waals surface area contributed by atoms with Crippen LogP contribution < -0.4 is 0 Å². The van der Waals surface area contributed by atoms with E-state index in [2.05, 4.69) is 4.84 Å². The zero-order valence-corrected chi connectivity index (χ0v) is 13.8. The van der Waals surface area contributed by atoms with E-state index >= 15 is 0 Å². The fraction of sp³-hybridized carbons (Fsp3) is 0.125. The van der Waals surface area contributed by atoms with Gasteiger partial charge in [0.1, 0.15) is 0 Å². The van der Waals surface area contributed by atoms with Crippen LogP contribution in [-0.4, -0.2) is 27.8 Å². The van der Waals surface area contributed by atoms with Crippen molar-refractivity contribution < 1.29 is 32.0 Å². The Morgan fingerprint density at radius 2 is 1.44 bits per heavy atom. The molecule has 9 heteroatoms. The molecule has 2 amide bonds. The predicted molar refractivity (Wildman–Crippen MR) is 82.3 cm³/mol. The maximum atomic E-state index is 13.4. The largest absolute Gasteiger partial charge is 0.451 e. The normalized spacial score (nSPS) is 14.8. The van der Waals surface area contributed by atoms with Crippen molar-refractivity contribution in [3.63, 3.8) is 0 Å². The van der Waals surface area contributed by atoms with E-state index in [4.69, 9.17) is 0 Å².